The van der Waals surface area contributed by atoms with Crippen LogP contribution in [0.1, 0.15) is 36.5 Å². The Morgan fingerprint density at radius 1 is 1.50 bits per heavy atom. The Hall–Kier alpha value is -1.37. The zero-order valence-electron chi connectivity index (χ0n) is 11.1. The molecule has 1 aliphatic heterocycles. The van der Waals surface area contributed by atoms with E-state index in [1.54, 1.807) is 0 Å². The van der Waals surface area contributed by atoms with E-state index in [-0.39, 0.29) is 0 Å². The third-order valence-corrected chi connectivity index (χ3v) is 3.62. The van der Waals surface area contributed by atoms with Crippen LogP contribution in [0, 0.1) is 18.3 Å². The van der Waals surface area contributed by atoms with Crippen LogP contribution < -0.4 is 0 Å². The van der Waals surface area contributed by atoms with Gasteiger partial charge in [-0.25, -0.2) is 0 Å². The standard InChI is InChI=1S/C15H20N2O/c1-12-8-13(9-16)4-5-14(12)10-17-7-3-6-15(2,18)11-17/h4-5,8,18H,3,6-7,10-11H2,1-2H3. The summed E-state index contributed by atoms with van der Waals surface area (Å²) in [4.78, 5) is 2.29. The van der Waals surface area contributed by atoms with Gasteiger partial charge >= 0.3 is 0 Å². The highest BCUT2D eigenvalue weighted by Crippen LogP contribution is 2.22. The maximum absolute atomic E-state index is 10.1. The number of piperidine rings is 1. The summed E-state index contributed by atoms with van der Waals surface area (Å²) < 4.78 is 0. The summed E-state index contributed by atoms with van der Waals surface area (Å²) in [6, 6.07) is 7.98. The Kier molecular flexibility index (Phi) is 3.70. The molecule has 1 aromatic carbocycles. The second-order valence-corrected chi connectivity index (χ2v) is 5.56. The molecule has 1 unspecified atom stereocenters. The summed E-state index contributed by atoms with van der Waals surface area (Å²) in [6.45, 7) is 6.57. The van der Waals surface area contributed by atoms with Crippen LogP contribution in [0.15, 0.2) is 18.2 Å². The molecule has 0 saturated carbocycles. The van der Waals surface area contributed by atoms with E-state index in [9.17, 15) is 5.11 Å². The fourth-order valence-corrected chi connectivity index (χ4v) is 2.64. The van der Waals surface area contributed by atoms with Gasteiger partial charge in [-0.15, -0.1) is 0 Å². The lowest BCUT2D eigenvalue weighted by atomic mass is 9.94. The first-order valence-electron chi connectivity index (χ1n) is 6.44. The van der Waals surface area contributed by atoms with Gasteiger partial charge in [0, 0.05) is 13.1 Å². The Labute approximate surface area is 109 Å². The molecule has 0 aromatic heterocycles. The van der Waals surface area contributed by atoms with Crippen molar-refractivity contribution < 1.29 is 5.11 Å². The molecular formula is C15H20N2O. The Balaban J connectivity index is 2.08. The molecule has 1 saturated heterocycles. The van der Waals surface area contributed by atoms with Gasteiger partial charge in [0.15, 0.2) is 0 Å². The van der Waals surface area contributed by atoms with Gasteiger partial charge in [0.2, 0.25) is 0 Å². The van der Waals surface area contributed by atoms with E-state index >= 15 is 0 Å². The predicted octanol–water partition coefficient (Wildman–Crippen LogP) is 2.21. The SMILES string of the molecule is Cc1cc(C#N)ccc1CN1CCCC(C)(O)C1. The van der Waals surface area contributed by atoms with E-state index < -0.39 is 5.60 Å². The van der Waals surface area contributed by atoms with Gasteiger partial charge < -0.3 is 5.11 Å². The van der Waals surface area contributed by atoms with Crippen LogP contribution in [0.3, 0.4) is 0 Å². The second-order valence-electron chi connectivity index (χ2n) is 5.56. The van der Waals surface area contributed by atoms with E-state index in [0.29, 0.717) is 5.56 Å². The minimum absolute atomic E-state index is 0.557. The van der Waals surface area contributed by atoms with Gasteiger partial charge in [0.1, 0.15) is 0 Å². The van der Waals surface area contributed by atoms with Gasteiger partial charge in [0.05, 0.1) is 17.2 Å². The van der Waals surface area contributed by atoms with Crippen molar-refractivity contribution in [3.8, 4) is 6.07 Å². The highest BCUT2D eigenvalue weighted by atomic mass is 16.3. The molecule has 1 atom stereocenters. The lowest BCUT2D eigenvalue weighted by Gasteiger charge is -2.37. The van der Waals surface area contributed by atoms with Crippen LogP contribution in [0.2, 0.25) is 0 Å². The Morgan fingerprint density at radius 3 is 2.89 bits per heavy atom. The molecule has 0 amide bonds. The fourth-order valence-electron chi connectivity index (χ4n) is 2.64. The highest BCUT2D eigenvalue weighted by molar-refractivity contribution is 5.37. The number of hydrogen-bond acceptors (Lipinski definition) is 3. The summed E-state index contributed by atoms with van der Waals surface area (Å²) in [7, 11) is 0. The number of nitriles is 1. The monoisotopic (exact) mass is 244 g/mol. The molecular weight excluding hydrogens is 224 g/mol. The van der Waals surface area contributed by atoms with Crippen molar-refractivity contribution >= 4 is 0 Å². The van der Waals surface area contributed by atoms with Crippen molar-refractivity contribution in [2.45, 2.75) is 38.8 Å². The largest absolute Gasteiger partial charge is 0.389 e. The number of hydrogen-bond donors (Lipinski definition) is 1. The van der Waals surface area contributed by atoms with Gasteiger partial charge in [-0.1, -0.05) is 6.07 Å². The molecule has 0 aliphatic carbocycles. The number of likely N-dealkylation sites (tertiary alicyclic amines) is 1. The van der Waals surface area contributed by atoms with Crippen LogP contribution in [0.25, 0.3) is 0 Å². The lowest BCUT2D eigenvalue weighted by Crippen LogP contribution is -2.45. The number of rotatable bonds is 2. The summed E-state index contributed by atoms with van der Waals surface area (Å²) >= 11 is 0. The van der Waals surface area contributed by atoms with E-state index in [1.807, 2.05) is 32.0 Å². The fraction of sp³-hybridized carbons (Fsp3) is 0.533. The molecule has 3 nitrogen and oxygen atoms in total. The Morgan fingerprint density at radius 2 is 2.28 bits per heavy atom. The molecule has 1 heterocycles. The normalized spacial score (nSPS) is 24.8. The molecule has 1 aromatic rings. The van der Waals surface area contributed by atoms with Gasteiger partial charge in [-0.2, -0.15) is 5.26 Å². The number of nitrogens with zero attached hydrogens (tertiary/aromatic N) is 2. The average molecular weight is 244 g/mol. The van der Waals surface area contributed by atoms with E-state index in [1.165, 1.54) is 5.56 Å². The quantitative estimate of drug-likeness (QED) is 0.867. The number of aryl methyl sites for hydroxylation is 1. The average Bonchev–Trinajstić information content (AvgIpc) is 2.30. The number of β-amino-alcohol motifs (C(OH)–C–C–N with tert-alkyl or cyclic N) is 1. The van der Waals surface area contributed by atoms with Crippen molar-refractivity contribution in [3.05, 3.63) is 34.9 Å². The van der Waals surface area contributed by atoms with E-state index in [2.05, 4.69) is 11.0 Å². The summed E-state index contributed by atoms with van der Waals surface area (Å²) in [5, 5.41) is 18.9. The maximum Gasteiger partial charge on any atom is 0.0991 e. The minimum atomic E-state index is -0.557. The topological polar surface area (TPSA) is 47.3 Å². The zero-order chi connectivity index (χ0) is 13.2. The van der Waals surface area contributed by atoms with Gasteiger partial charge in [-0.05, 0) is 56.5 Å². The molecule has 2 rings (SSSR count). The molecule has 1 aliphatic rings. The smallest absolute Gasteiger partial charge is 0.0991 e. The minimum Gasteiger partial charge on any atom is -0.389 e. The third-order valence-electron chi connectivity index (χ3n) is 3.62. The zero-order valence-corrected chi connectivity index (χ0v) is 11.1. The first-order valence-corrected chi connectivity index (χ1v) is 6.44. The predicted molar refractivity (Wildman–Crippen MR) is 71.0 cm³/mol. The first kappa shape index (κ1) is 13.1. The summed E-state index contributed by atoms with van der Waals surface area (Å²) in [5.74, 6) is 0. The molecule has 18 heavy (non-hydrogen) atoms. The van der Waals surface area contributed by atoms with Crippen molar-refractivity contribution in [1.29, 1.82) is 5.26 Å². The van der Waals surface area contributed by atoms with Crippen LogP contribution in [0.5, 0.6) is 0 Å². The summed E-state index contributed by atoms with van der Waals surface area (Å²) in [5.41, 5.74) is 2.55. The molecule has 0 radical (unpaired) electrons. The van der Waals surface area contributed by atoms with Crippen LogP contribution in [-0.4, -0.2) is 28.7 Å². The Bertz CT molecular complexity index is 474. The molecule has 96 valence electrons. The maximum atomic E-state index is 10.1. The highest BCUT2D eigenvalue weighted by Gasteiger charge is 2.28. The third kappa shape index (κ3) is 3.10. The molecule has 3 heteroatoms. The van der Waals surface area contributed by atoms with Crippen LogP contribution in [0.4, 0.5) is 0 Å². The lowest BCUT2D eigenvalue weighted by molar-refractivity contribution is -0.0182. The van der Waals surface area contributed by atoms with E-state index in [4.69, 9.17) is 5.26 Å². The van der Waals surface area contributed by atoms with Gasteiger partial charge in [0.25, 0.3) is 0 Å². The second kappa shape index (κ2) is 5.09. The number of aliphatic hydroxyl groups is 1. The summed E-state index contributed by atoms with van der Waals surface area (Å²) in [6.07, 6.45) is 1.93. The van der Waals surface area contributed by atoms with Crippen molar-refractivity contribution in [2.75, 3.05) is 13.1 Å². The molecule has 1 N–H and O–H groups in total. The van der Waals surface area contributed by atoms with Crippen molar-refractivity contribution in [3.63, 3.8) is 0 Å². The molecule has 0 spiro atoms. The van der Waals surface area contributed by atoms with Crippen molar-refractivity contribution in [1.82, 2.24) is 4.90 Å². The van der Waals surface area contributed by atoms with Gasteiger partial charge in [-0.3, -0.25) is 4.90 Å². The first-order chi connectivity index (χ1) is 8.50. The van der Waals surface area contributed by atoms with E-state index in [0.717, 1.165) is 38.0 Å². The molecule has 0 bridgehead atoms. The van der Waals surface area contributed by atoms with Crippen LogP contribution in [-0.2, 0) is 6.54 Å². The van der Waals surface area contributed by atoms with Crippen LogP contribution >= 0.6 is 0 Å². The van der Waals surface area contributed by atoms with Crippen molar-refractivity contribution in [2.24, 2.45) is 0 Å². The number of benzene rings is 1. The molecule has 1 fully saturated rings.